The molecule has 1 aliphatic carbocycles. The molecule has 3 heteroatoms. The van der Waals surface area contributed by atoms with E-state index >= 15 is 0 Å². The Morgan fingerprint density at radius 1 is 1.47 bits per heavy atom. The Kier molecular flexibility index (Phi) is 4.79. The van der Waals surface area contributed by atoms with Gasteiger partial charge in [0.15, 0.2) is 0 Å². The molecule has 0 aromatic heterocycles. The van der Waals surface area contributed by atoms with Gasteiger partial charge in [-0.25, -0.2) is 0 Å². The maximum Gasteiger partial charge on any atom is 0.306 e. The average molecular weight is 212 g/mol. The third-order valence-corrected chi connectivity index (χ3v) is 3.27. The second-order valence-corrected chi connectivity index (χ2v) is 4.47. The molecule has 0 saturated heterocycles. The third kappa shape index (κ3) is 3.65. The number of Topliss-reactive ketones (excluding diaryl/α,β-unsaturated/α-hetero) is 1. The second-order valence-electron chi connectivity index (χ2n) is 4.47. The Balaban J connectivity index is 2.39. The van der Waals surface area contributed by atoms with Crippen LogP contribution in [0.2, 0.25) is 0 Å². The highest BCUT2D eigenvalue weighted by atomic mass is 16.4. The van der Waals surface area contributed by atoms with Crippen molar-refractivity contribution in [1.29, 1.82) is 0 Å². The van der Waals surface area contributed by atoms with Gasteiger partial charge in [-0.1, -0.05) is 26.2 Å². The molecular formula is C12H20O3. The van der Waals surface area contributed by atoms with E-state index in [1.807, 2.05) is 0 Å². The van der Waals surface area contributed by atoms with Crippen LogP contribution >= 0.6 is 0 Å². The van der Waals surface area contributed by atoms with Crippen molar-refractivity contribution in [2.24, 2.45) is 11.8 Å². The topological polar surface area (TPSA) is 54.4 Å². The molecule has 1 fully saturated rings. The maximum absolute atomic E-state index is 11.6. The molecule has 0 bridgehead atoms. The van der Waals surface area contributed by atoms with E-state index in [9.17, 15) is 9.59 Å². The van der Waals surface area contributed by atoms with Gasteiger partial charge < -0.3 is 5.11 Å². The average Bonchev–Trinajstić information content (AvgIpc) is 2.20. The van der Waals surface area contributed by atoms with Crippen molar-refractivity contribution >= 4 is 11.8 Å². The number of carboxylic acid groups (broad SMARTS) is 1. The van der Waals surface area contributed by atoms with Gasteiger partial charge in [-0.15, -0.1) is 0 Å². The molecule has 0 aromatic rings. The first-order chi connectivity index (χ1) is 7.15. The molecule has 2 atom stereocenters. The lowest BCUT2D eigenvalue weighted by atomic mass is 9.78. The molecule has 1 aliphatic rings. The van der Waals surface area contributed by atoms with Gasteiger partial charge in [0.1, 0.15) is 5.78 Å². The van der Waals surface area contributed by atoms with Crippen LogP contribution in [0.1, 0.15) is 51.9 Å². The SMILES string of the molecule is CCCCCC1CC(C(=O)O)CCC1=O. The van der Waals surface area contributed by atoms with Crippen LogP contribution in [0.4, 0.5) is 0 Å². The summed E-state index contributed by atoms with van der Waals surface area (Å²) in [7, 11) is 0. The van der Waals surface area contributed by atoms with Gasteiger partial charge in [0, 0.05) is 12.3 Å². The molecule has 1 rings (SSSR count). The molecule has 0 spiro atoms. The van der Waals surface area contributed by atoms with Crippen molar-refractivity contribution < 1.29 is 14.7 Å². The first kappa shape index (κ1) is 12.2. The summed E-state index contributed by atoms with van der Waals surface area (Å²) >= 11 is 0. The highest BCUT2D eigenvalue weighted by molar-refractivity contribution is 5.84. The number of rotatable bonds is 5. The van der Waals surface area contributed by atoms with Crippen LogP contribution in [-0.2, 0) is 9.59 Å². The molecule has 0 amide bonds. The van der Waals surface area contributed by atoms with Crippen LogP contribution in [0.5, 0.6) is 0 Å². The monoisotopic (exact) mass is 212 g/mol. The van der Waals surface area contributed by atoms with Crippen LogP contribution in [0.3, 0.4) is 0 Å². The van der Waals surface area contributed by atoms with Crippen molar-refractivity contribution in [2.75, 3.05) is 0 Å². The van der Waals surface area contributed by atoms with Gasteiger partial charge >= 0.3 is 5.97 Å². The van der Waals surface area contributed by atoms with Crippen molar-refractivity contribution in [3.63, 3.8) is 0 Å². The minimum Gasteiger partial charge on any atom is -0.481 e. The maximum atomic E-state index is 11.6. The quantitative estimate of drug-likeness (QED) is 0.713. The molecule has 0 radical (unpaired) electrons. The summed E-state index contributed by atoms with van der Waals surface area (Å²) in [4.78, 5) is 22.4. The van der Waals surface area contributed by atoms with E-state index in [0.29, 0.717) is 19.3 Å². The molecule has 1 N–H and O–H groups in total. The molecule has 3 nitrogen and oxygen atoms in total. The van der Waals surface area contributed by atoms with Gasteiger partial charge in [-0.05, 0) is 19.3 Å². The molecule has 2 unspecified atom stereocenters. The number of carboxylic acids is 1. The largest absolute Gasteiger partial charge is 0.481 e. The lowest BCUT2D eigenvalue weighted by Crippen LogP contribution is -2.29. The van der Waals surface area contributed by atoms with Gasteiger partial charge in [0.2, 0.25) is 0 Å². The van der Waals surface area contributed by atoms with E-state index in [4.69, 9.17) is 5.11 Å². The fourth-order valence-corrected chi connectivity index (χ4v) is 2.26. The Labute approximate surface area is 90.9 Å². The molecule has 0 aromatic carbocycles. The molecule has 0 aliphatic heterocycles. The zero-order chi connectivity index (χ0) is 11.3. The number of unbranched alkanes of at least 4 members (excludes halogenated alkanes) is 2. The number of carbonyl (C=O) groups excluding carboxylic acids is 1. The van der Waals surface area contributed by atoms with Gasteiger partial charge in [-0.3, -0.25) is 9.59 Å². The Morgan fingerprint density at radius 2 is 2.20 bits per heavy atom. The summed E-state index contributed by atoms with van der Waals surface area (Å²) < 4.78 is 0. The lowest BCUT2D eigenvalue weighted by molar-refractivity contribution is -0.144. The number of aliphatic carboxylic acids is 1. The Hall–Kier alpha value is -0.860. The number of hydrogen-bond donors (Lipinski definition) is 1. The predicted octanol–water partition coefficient (Wildman–Crippen LogP) is 2.64. The zero-order valence-electron chi connectivity index (χ0n) is 9.37. The van der Waals surface area contributed by atoms with E-state index in [1.165, 1.54) is 0 Å². The standard InChI is InChI=1S/C12H20O3/c1-2-3-4-5-9-8-10(12(14)15)6-7-11(9)13/h9-10H,2-8H2,1H3,(H,14,15). The van der Waals surface area contributed by atoms with Gasteiger partial charge in [-0.2, -0.15) is 0 Å². The normalized spacial score (nSPS) is 26.6. The predicted molar refractivity (Wildman–Crippen MR) is 57.6 cm³/mol. The Bertz CT molecular complexity index is 235. The van der Waals surface area contributed by atoms with Crippen LogP contribution in [-0.4, -0.2) is 16.9 Å². The van der Waals surface area contributed by atoms with Crippen molar-refractivity contribution in [3.05, 3.63) is 0 Å². The fraction of sp³-hybridized carbons (Fsp3) is 0.833. The van der Waals surface area contributed by atoms with Crippen LogP contribution in [0.15, 0.2) is 0 Å². The van der Waals surface area contributed by atoms with Gasteiger partial charge in [0.05, 0.1) is 5.92 Å². The van der Waals surface area contributed by atoms with E-state index < -0.39 is 5.97 Å². The van der Waals surface area contributed by atoms with E-state index in [1.54, 1.807) is 0 Å². The fourth-order valence-electron chi connectivity index (χ4n) is 2.26. The van der Waals surface area contributed by atoms with E-state index in [2.05, 4.69) is 6.92 Å². The summed E-state index contributed by atoms with van der Waals surface area (Å²) in [6.45, 7) is 2.13. The third-order valence-electron chi connectivity index (χ3n) is 3.27. The highest BCUT2D eigenvalue weighted by Gasteiger charge is 2.31. The first-order valence-corrected chi connectivity index (χ1v) is 5.90. The summed E-state index contributed by atoms with van der Waals surface area (Å²) in [6, 6.07) is 0. The van der Waals surface area contributed by atoms with Crippen LogP contribution in [0.25, 0.3) is 0 Å². The molecule has 86 valence electrons. The smallest absolute Gasteiger partial charge is 0.306 e. The number of hydrogen-bond acceptors (Lipinski definition) is 2. The highest BCUT2D eigenvalue weighted by Crippen LogP contribution is 2.30. The molecular weight excluding hydrogens is 192 g/mol. The van der Waals surface area contributed by atoms with Gasteiger partial charge in [0.25, 0.3) is 0 Å². The lowest BCUT2D eigenvalue weighted by Gasteiger charge is -2.25. The zero-order valence-corrected chi connectivity index (χ0v) is 9.37. The molecule has 0 heterocycles. The molecule has 15 heavy (non-hydrogen) atoms. The van der Waals surface area contributed by atoms with Crippen LogP contribution in [0, 0.1) is 11.8 Å². The minimum absolute atomic E-state index is 0.0198. The van der Waals surface area contributed by atoms with Crippen molar-refractivity contribution in [3.8, 4) is 0 Å². The van der Waals surface area contributed by atoms with Crippen molar-refractivity contribution in [1.82, 2.24) is 0 Å². The summed E-state index contributed by atoms with van der Waals surface area (Å²) in [6.07, 6.45) is 5.80. The summed E-state index contributed by atoms with van der Waals surface area (Å²) in [5.74, 6) is -0.715. The molecule has 1 saturated carbocycles. The first-order valence-electron chi connectivity index (χ1n) is 5.90. The van der Waals surface area contributed by atoms with E-state index in [-0.39, 0.29) is 17.6 Å². The van der Waals surface area contributed by atoms with Crippen molar-refractivity contribution in [2.45, 2.75) is 51.9 Å². The Morgan fingerprint density at radius 3 is 2.80 bits per heavy atom. The minimum atomic E-state index is -0.733. The van der Waals surface area contributed by atoms with Crippen LogP contribution < -0.4 is 0 Å². The summed E-state index contributed by atoms with van der Waals surface area (Å²) in [5, 5.41) is 8.90. The van der Waals surface area contributed by atoms with E-state index in [0.717, 1.165) is 25.7 Å². The second kappa shape index (κ2) is 5.89. The number of ketones is 1. The number of carbonyl (C=O) groups is 2. The summed E-state index contributed by atoms with van der Waals surface area (Å²) in [5.41, 5.74) is 0.